The van der Waals surface area contributed by atoms with E-state index < -0.39 is 0 Å². The summed E-state index contributed by atoms with van der Waals surface area (Å²) in [4.78, 5) is 0. The van der Waals surface area contributed by atoms with Gasteiger partial charge in [0, 0.05) is 5.69 Å². The molecule has 0 aliphatic carbocycles. The normalized spacial score (nSPS) is 11.1. The Morgan fingerprint density at radius 2 is 0.897 bits per heavy atom. The molecule has 39 heavy (non-hydrogen) atoms. The van der Waals surface area contributed by atoms with Crippen LogP contribution in [0.25, 0.3) is 0 Å². The number of rotatable bonds is 23. The van der Waals surface area contributed by atoms with Gasteiger partial charge in [-0.05, 0) is 78.8 Å². The van der Waals surface area contributed by atoms with Gasteiger partial charge in [0.25, 0.3) is 0 Å². The van der Waals surface area contributed by atoms with E-state index in [0.29, 0.717) is 0 Å². The summed E-state index contributed by atoms with van der Waals surface area (Å²) >= 11 is 0. The molecule has 0 spiro atoms. The van der Waals surface area contributed by atoms with E-state index in [1.54, 1.807) is 11.1 Å². The average molecular weight is 538 g/mol. The highest BCUT2D eigenvalue weighted by atomic mass is 16.0. The second kappa shape index (κ2) is 23.0. The largest absolute Gasteiger partial charge is 0.412 e. The van der Waals surface area contributed by atoms with Crippen LogP contribution in [0.1, 0.15) is 164 Å². The zero-order chi connectivity index (χ0) is 27.3. The van der Waals surface area contributed by atoms with Gasteiger partial charge in [0.2, 0.25) is 0 Å². The molecule has 0 saturated carbocycles. The van der Waals surface area contributed by atoms with Crippen molar-refractivity contribution in [2.45, 2.75) is 162 Å². The number of nitrogens with two attached hydrogens (primary N) is 1. The van der Waals surface area contributed by atoms with Gasteiger partial charge in [-0.25, -0.2) is 0 Å². The van der Waals surface area contributed by atoms with E-state index in [2.05, 4.69) is 57.2 Å². The Balaban J connectivity index is 0.00000760. The molecule has 0 saturated heterocycles. The maximum Gasteiger partial charge on any atom is 0.0352 e. The molecule has 2 nitrogen and oxygen atoms in total. The molecule has 0 atom stereocenters. The number of unbranched alkanes of at least 4 members (excludes halogenated alkanes) is 15. The third kappa shape index (κ3) is 14.4. The molecular weight excluding hydrogens is 474 g/mol. The van der Waals surface area contributed by atoms with Crippen LogP contribution in [0.3, 0.4) is 0 Å². The fourth-order valence-electron chi connectivity index (χ4n) is 6.04. The minimum Gasteiger partial charge on any atom is -0.412 e. The van der Waals surface area contributed by atoms with Gasteiger partial charge in [0.1, 0.15) is 0 Å². The third-order valence-corrected chi connectivity index (χ3v) is 8.37. The van der Waals surface area contributed by atoms with Crippen molar-refractivity contribution < 1.29 is 5.48 Å². The fourth-order valence-corrected chi connectivity index (χ4v) is 6.04. The van der Waals surface area contributed by atoms with Crippen LogP contribution in [0.15, 0.2) is 36.4 Å². The van der Waals surface area contributed by atoms with Crippen molar-refractivity contribution in [3.63, 3.8) is 0 Å². The maximum atomic E-state index is 6.89. The lowest BCUT2D eigenvalue weighted by Crippen LogP contribution is -2.10. The molecule has 0 aromatic heterocycles. The van der Waals surface area contributed by atoms with E-state index in [-0.39, 0.29) is 5.48 Å². The van der Waals surface area contributed by atoms with Crippen molar-refractivity contribution >= 4 is 5.69 Å². The fraction of sp³-hybridized carbons (Fsp3) is 0.676. The summed E-state index contributed by atoms with van der Waals surface area (Å²) in [5, 5.41) is 0. The molecule has 2 aromatic carbocycles. The van der Waals surface area contributed by atoms with E-state index in [1.165, 1.54) is 145 Å². The number of benzene rings is 2. The van der Waals surface area contributed by atoms with E-state index in [9.17, 15) is 0 Å². The molecule has 0 aliphatic heterocycles. The van der Waals surface area contributed by atoms with Gasteiger partial charge >= 0.3 is 0 Å². The lowest BCUT2D eigenvalue weighted by Gasteiger charge is -2.22. The molecular formula is C37H63NO. The summed E-state index contributed by atoms with van der Waals surface area (Å²) in [7, 11) is 0. The first-order valence-electron chi connectivity index (χ1n) is 16.7. The van der Waals surface area contributed by atoms with Gasteiger partial charge in [0.15, 0.2) is 0 Å². The van der Waals surface area contributed by atoms with E-state index >= 15 is 0 Å². The summed E-state index contributed by atoms with van der Waals surface area (Å²) < 4.78 is 0. The zero-order valence-corrected chi connectivity index (χ0v) is 26.1. The average Bonchev–Trinajstić information content (AvgIpc) is 2.93. The molecule has 0 heterocycles. The molecule has 0 bridgehead atoms. The number of nitrogen functional groups attached to an aromatic ring is 1. The Hall–Kier alpha value is -1.80. The van der Waals surface area contributed by atoms with Gasteiger partial charge < -0.3 is 11.2 Å². The highest BCUT2D eigenvalue weighted by Gasteiger charge is 2.17. The van der Waals surface area contributed by atoms with Crippen LogP contribution < -0.4 is 5.73 Å². The Morgan fingerprint density at radius 3 is 1.38 bits per heavy atom. The minimum atomic E-state index is 0. The first kappa shape index (κ1) is 35.2. The van der Waals surface area contributed by atoms with Gasteiger partial charge in [-0.1, -0.05) is 147 Å². The first-order valence-corrected chi connectivity index (χ1v) is 16.7. The van der Waals surface area contributed by atoms with E-state index in [0.717, 1.165) is 18.5 Å². The Bertz CT molecular complexity index is 844. The quantitative estimate of drug-likeness (QED) is 0.111. The van der Waals surface area contributed by atoms with Crippen LogP contribution in [-0.4, -0.2) is 5.48 Å². The topological polar surface area (TPSA) is 57.5 Å². The number of anilines is 1. The highest BCUT2D eigenvalue weighted by molar-refractivity contribution is 5.58. The van der Waals surface area contributed by atoms with Crippen LogP contribution in [0, 0.1) is 0 Å². The molecule has 0 unspecified atom stereocenters. The first-order chi connectivity index (χ1) is 18.7. The second-order valence-corrected chi connectivity index (χ2v) is 11.8. The molecule has 2 rings (SSSR count). The minimum absolute atomic E-state index is 0. The molecule has 222 valence electrons. The molecule has 0 amide bonds. The van der Waals surface area contributed by atoms with Crippen molar-refractivity contribution in [2.75, 3.05) is 5.73 Å². The van der Waals surface area contributed by atoms with Crippen LogP contribution in [-0.2, 0) is 25.7 Å². The smallest absolute Gasteiger partial charge is 0.0352 e. The lowest BCUT2D eigenvalue weighted by atomic mass is 9.84. The van der Waals surface area contributed by atoms with Crippen LogP contribution in [0.5, 0.6) is 0 Å². The predicted octanol–water partition coefficient (Wildman–Crippen LogP) is 10.7. The van der Waals surface area contributed by atoms with Gasteiger partial charge in [-0.2, -0.15) is 0 Å². The Morgan fingerprint density at radius 1 is 0.487 bits per heavy atom. The maximum absolute atomic E-state index is 6.89. The monoisotopic (exact) mass is 537 g/mol. The third-order valence-electron chi connectivity index (χ3n) is 8.37. The molecule has 0 aliphatic rings. The van der Waals surface area contributed by atoms with Gasteiger partial charge in [-0.3, -0.25) is 0 Å². The van der Waals surface area contributed by atoms with Crippen molar-refractivity contribution in [1.82, 2.24) is 0 Å². The van der Waals surface area contributed by atoms with Crippen molar-refractivity contribution in [3.8, 4) is 0 Å². The lowest BCUT2D eigenvalue weighted by molar-refractivity contribution is 0.592. The SMILES string of the molecule is CCCCCCCCc1c(N)cc(Cc2ccccc2)c(CCCCCCCC)c1CCCCCCCC.O. The summed E-state index contributed by atoms with van der Waals surface area (Å²) in [5.41, 5.74) is 15.7. The predicted molar refractivity (Wildman–Crippen MR) is 175 cm³/mol. The Kier molecular flexibility index (Phi) is 20.7. The van der Waals surface area contributed by atoms with Crippen molar-refractivity contribution in [3.05, 3.63) is 64.2 Å². The van der Waals surface area contributed by atoms with Crippen LogP contribution in [0.2, 0.25) is 0 Å². The molecule has 2 heteroatoms. The summed E-state index contributed by atoms with van der Waals surface area (Å²) in [5.74, 6) is 0. The molecule has 4 N–H and O–H groups in total. The van der Waals surface area contributed by atoms with Crippen LogP contribution in [0.4, 0.5) is 5.69 Å². The Labute approximate surface area is 242 Å². The van der Waals surface area contributed by atoms with E-state index in [1.807, 2.05) is 0 Å². The van der Waals surface area contributed by atoms with Crippen molar-refractivity contribution in [2.24, 2.45) is 0 Å². The summed E-state index contributed by atoms with van der Waals surface area (Å²) in [6.45, 7) is 6.92. The standard InChI is InChI=1S/C37H61N.H2O/c1-4-7-10-13-16-22-27-34-33(30-32-25-20-19-21-26-32)31-37(38)36(29-24-18-15-12-9-6-3)35(34)28-23-17-14-11-8-5-2;/h19-21,25-26,31H,4-18,22-24,27-30,38H2,1-3H3;1H2. The van der Waals surface area contributed by atoms with Gasteiger partial charge in [0.05, 0.1) is 0 Å². The van der Waals surface area contributed by atoms with Crippen molar-refractivity contribution in [1.29, 1.82) is 0 Å². The highest BCUT2D eigenvalue weighted by Crippen LogP contribution is 2.32. The molecule has 0 radical (unpaired) electrons. The summed E-state index contributed by atoms with van der Waals surface area (Å²) in [6.07, 6.45) is 29.0. The van der Waals surface area contributed by atoms with E-state index in [4.69, 9.17) is 5.73 Å². The molecule has 2 aromatic rings. The molecule has 0 fully saturated rings. The number of hydrogen-bond donors (Lipinski definition) is 1. The summed E-state index contributed by atoms with van der Waals surface area (Å²) in [6, 6.07) is 13.4. The van der Waals surface area contributed by atoms with Gasteiger partial charge in [-0.15, -0.1) is 0 Å². The zero-order valence-electron chi connectivity index (χ0n) is 26.1. The second-order valence-electron chi connectivity index (χ2n) is 11.8. The number of hydrogen-bond acceptors (Lipinski definition) is 1. The van der Waals surface area contributed by atoms with Crippen LogP contribution >= 0.6 is 0 Å².